The monoisotopic (exact) mass is 337 g/mol. The van der Waals surface area contributed by atoms with Gasteiger partial charge in [-0.05, 0) is 25.7 Å². The highest BCUT2D eigenvalue weighted by molar-refractivity contribution is 14.1. The molecule has 2 rings (SSSR count). The summed E-state index contributed by atoms with van der Waals surface area (Å²) in [6.45, 7) is 3.69. The maximum Gasteiger partial charge on any atom is 0.225 e. The van der Waals surface area contributed by atoms with Crippen LogP contribution in [-0.4, -0.2) is 43.0 Å². The van der Waals surface area contributed by atoms with E-state index in [-0.39, 0.29) is 0 Å². The van der Waals surface area contributed by atoms with Gasteiger partial charge in [0.15, 0.2) is 0 Å². The van der Waals surface area contributed by atoms with Crippen molar-refractivity contribution in [2.45, 2.75) is 31.7 Å². The summed E-state index contributed by atoms with van der Waals surface area (Å²) in [5.41, 5.74) is 0. The van der Waals surface area contributed by atoms with E-state index in [1.807, 2.05) is 4.90 Å². The normalized spacial score (nSPS) is 31.4. The van der Waals surface area contributed by atoms with Crippen molar-refractivity contribution in [3.05, 3.63) is 0 Å². The Morgan fingerprint density at radius 3 is 2.38 bits per heavy atom. The summed E-state index contributed by atoms with van der Waals surface area (Å²) in [6.07, 6.45) is 4.41. The largest absolute Gasteiger partial charge is 0.340 e. The standard InChI is InChI=1S/C11H20IN3O/c12-14-10-3-1-9(2-4-10)11(16)15-7-5-13-6-8-15/h9-10,13-14H,1-8H2/t9-,10-. The molecule has 2 N–H and O–H groups in total. The predicted octanol–water partition coefficient (Wildman–Crippen LogP) is 0.917. The maximum absolute atomic E-state index is 12.2. The summed E-state index contributed by atoms with van der Waals surface area (Å²) < 4.78 is 3.28. The topological polar surface area (TPSA) is 44.4 Å². The Kier molecular flexibility index (Phi) is 4.84. The van der Waals surface area contributed by atoms with E-state index >= 15 is 0 Å². The van der Waals surface area contributed by atoms with Crippen molar-refractivity contribution in [3.63, 3.8) is 0 Å². The minimum Gasteiger partial charge on any atom is -0.340 e. The average Bonchev–Trinajstić information content (AvgIpc) is 2.39. The molecule has 0 bridgehead atoms. The van der Waals surface area contributed by atoms with Gasteiger partial charge in [-0.3, -0.25) is 8.32 Å². The Labute approximate surface area is 111 Å². The molecule has 0 radical (unpaired) electrons. The first-order valence-electron chi connectivity index (χ1n) is 6.17. The number of nitrogens with zero attached hydrogens (tertiary/aromatic N) is 1. The quantitative estimate of drug-likeness (QED) is 0.582. The third kappa shape index (κ3) is 3.07. The number of carbonyl (C=O) groups excluding carboxylic acids is 1. The fourth-order valence-electron chi connectivity index (χ4n) is 2.59. The first-order chi connectivity index (χ1) is 7.81. The van der Waals surface area contributed by atoms with Crippen LogP contribution in [0.5, 0.6) is 0 Å². The van der Waals surface area contributed by atoms with Crippen molar-refractivity contribution in [1.29, 1.82) is 0 Å². The van der Waals surface area contributed by atoms with Gasteiger partial charge < -0.3 is 10.2 Å². The van der Waals surface area contributed by atoms with Gasteiger partial charge in [0.25, 0.3) is 0 Å². The highest BCUT2D eigenvalue weighted by Gasteiger charge is 2.29. The number of amides is 1. The number of carbonyl (C=O) groups is 1. The molecule has 0 aromatic carbocycles. The summed E-state index contributed by atoms with van der Waals surface area (Å²) in [6, 6.07) is 0.618. The molecule has 2 fully saturated rings. The summed E-state index contributed by atoms with van der Waals surface area (Å²) in [5, 5.41) is 3.28. The van der Waals surface area contributed by atoms with Crippen molar-refractivity contribution in [2.75, 3.05) is 26.2 Å². The van der Waals surface area contributed by atoms with Gasteiger partial charge >= 0.3 is 0 Å². The molecule has 0 atom stereocenters. The SMILES string of the molecule is O=C([C@H]1CC[C@H](NI)CC1)N1CCNCC1. The third-order valence-corrected chi connectivity index (χ3v) is 4.54. The van der Waals surface area contributed by atoms with Crippen LogP contribution in [0.2, 0.25) is 0 Å². The molecule has 1 saturated carbocycles. The van der Waals surface area contributed by atoms with Gasteiger partial charge in [-0.25, -0.2) is 0 Å². The van der Waals surface area contributed by atoms with Crippen LogP contribution < -0.4 is 8.85 Å². The van der Waals surface area contributed by atoms with Crippen molar-refractivity contribution in [1.82, 2.24) is 13.7 Å². The predicted molar refractivity (Wildman–Crippen MR) is 72.4 cm³/mol. The van der Waals surface area contributed by atoms with E-state index in [9.17, 15) is 4.79 Å². The van der Waals surface area contributed by atoms with E-state index in [4.69, 9.17) is 0 Å². The van der Waals surface area contributed by atoms with Gasteiger partial charge in [0.2, 0.25) is 5.91 Å². The maximum atomic E-state index is 12.2. The number of nitrogens with one attached hydrogen (secondary N) is 2. The van der Waals surface area contributed by atoms with Crippen LogP contribution in [-0.2, 0) is 4.79 Å². The van der Waals surface area contributed by atoms with E-state index in [2.05, 4.69) is 31.7 Å². The summed E-state index contributed by atoms with van der Waals surface area (Å²) in [4.78, 5) is 14.3. The molecule has 0 spiro atoms. The zero-order valence-electron chi connectivity index (χ0n) is 9.54. The van der Waals surface area contributed by atoms with Crippen LogP contribution in [0.4, 0.5) is 0 Å². The van der Waals surface area contributed by atoms with Gasteiger partial charge in [0.05, 0.1) is 0 Å². The zero-order chi connectivity index (χ0) is 11.4. The number of piperazine rings is 1. The lowest BCUT2D eigenvalue weighted by Gasteiger charge is -2.33. The Morgan fingerprint density at radius 2 is 1.81 bits per heavy atom. The molecule has 1 heterocycles. The van der Waals surface area contributed by atoms with Crippen LogP contribution in [0.1, 0.15) is 25.7 Å². The zero-order valence-corrected chi connectivity index (χ0v) is 11.7. The van der Waals surface area contributed by atoms with Crippen molar-refractivity contribution in [3.8, 4) is 0 Å². The summed E-state index contributed by atoms with van der Waals surface area (Å²) in [5.74, 6) is 0.688. The van der Waals surface area contributed by atoms with Crippen molar-refractivity contribution >= 4 is 28.8 Å². The molecule has 1 amide bonds. The minimum atomic E-state index is 0.291. The fraction of sp³-hybridized carbons (Fsp3) is 0.909. The molecule has 1 aliphatic heterocycles. The van der Waals surface area contributed by atoms with Gasteiger partial charge in [0.1, 0.15) is 0 Å². The van der Waals surface area contributed by atoms with Crippen molar-refractivity contribution < 1.29 is 4.79 Å². The minimum absolute atomic E-state index is 0.291. The lowest BCUT2D eigenvalue weighted by Crippen LogP contribution is -2.49. The average molecular weight is 337 g/mol. The lowest BCUT2D eigenvalue weighted by molar-refractivity contribution is -0.137. The number of rotatable bonds is 2. The van der Waals surface area contributed by atoms with Gasteiger partial charge in [-0.2, -0.15) is 0 Å². The van der Waals surface area contributed by atoms with E-state index in [1.54, 1.807) is 0 Å². The number of hydrogen-bond donors (Lipinski definition) is 2. The summed E-state index contributed by atoms with van der Waals surface area (Å²) >= 11 is 2.22. The summed E-state index contributed by atoms with van der Waals surface area (Å²) in [7, 11) is 0. The first-order valence-corrected chi connectivity index (χ1v) is 7.25. The second kappa shape index (κ2) is 6.16. The molecule has 1 aliphatic carbocycles. The van der Waals surface area contributed by atoms with Gasteiger partial charge in [0, 0.05) is 61.0 Å². The third-order valence-electron chi connectivity index (χ3n) is 3.66. The number of halogens is 1. The fourth-order valence-corrected chi connectivity index (χ4v) is 3.22. The molecule has 4 nitrogen and oxygen atoms in total. The second-order valence-electron chi connectivity index (χ2n) is 4.73. The molecule has 92 valence electrons. The molecular weight excluding hydrogens is 317 g/mol. The van der Waals surface area contributed by atoms with Crippen LogP contribution in [0, 0.1) is 5.92 Å². The van der Waals surface area contributed by atoms with Gasteiger partial charge in [-0.15, -0.1) is 0 Å². The van der Waals surface area contributed by atoms with Crippen LogP contribution in [0.3, 0.4) is 0 Å². The van der Waals surface area contributed by atoms with E-state index in [1.165, 1.54) is 0 Å². The molecule has 0 aromatic rings. The van der Waals surface area contributed by atoms with E-state index in [0.717, 1.165) is 51.9 Å². The Balaban J connectivity index is 1.81. The van der Waals surface area contributed by atoms with Crippen LogP contribution in [0.25, 0.3) is 0 Å². The smallest absolute Gasteiger partial charge is 0.225 e. The van der Waals surface area contributed by atoms with E-state index < -0.39 is 0 Å². The molecule has 0 unspecified atom stereocenters. The highest BCUT2D eigenvalue weighted by Crippen LogP contribution is 2.26. The molecule has 0 aromatic heterocycles. The Morgan fingerprint density at radius 1 is 1.19 bits per heavy atom. The molecular formula is C11H20IN3O. The molecule has 1 saturated heterocycles. The van der Waals surface area contributed by atoms with Crippen molar-refractivity contribution in [2.24, 2.45) is 5.92 Å². The molecule has 16 heavy (non-hydrogen) atoms. The first kappa shape index (κ1) is 12.6. The van der Waals surface area contributed by atoms with Crippen LogP contribution in [0.15, 0.2) is 0 Å². The van der Waals surface area contributed by atoms with Gasteiger partial charge in [-0.1, -0.05) is 0 Å². The second-order valence-corrected chi connectivity index (χ2v) is 5.36. The van der Waals surface area contributed by atoms with E-state index in [0.29, 0.717) is 17.9 Å². The van der Waals surface area contributed by atoms with Crippen LogP contribution >= 0.6 is 22.9 Å². The highest BCUT2D eigenvalue weighted by atomic mass is 127. The lowest BCUT2D eigenvalue weighted by atomic mass is 9.85. The molecule has 5 heteroatoms. The Bertz CT molecular complexity index is 235. The molecule has 2 aliphatic rings. The Hall–Kier alpha value is 0.120. The number of hydrogen-bond acceptors (Lipinski definition) is 3.